The molecule has 6 aliphatic rings. The van der Waals surface area contributed by atoms with Gasteiger partial charge in [-0.1, -0.05) is 39.3 Å². The highest BCUT2D eigenvalue weighted by atomic mass is 16.8. The molecule has 4 saturated carbocycles. The van der Waals surface area contributed by atoms with Crippen molar-refractivity contribution >= 4 is 5.97 Å². The van der Waals surface area contributed by atoms with Crippen LogP contribution in [0.4, 0.5) is 0 Å². The molecule has 0 amide bonds. The molecule has 9 N–H and O–H groups in total. The van der Waals surface area contributed by atoms with E-state index >= 15 is 0 Å². The Morgan fingerprint density at radius 3 is 2.22 bits per heavy atom. The summed E-state index contributed by atoms with van der Waals surface area (Å²) in [6, 6.07) is 0. The number of carbonyl (C=O) groups excluding carboxylic acids is 1. The number of aliphatic hydroxyl groups excluding tert-OH is 8. The van der Waals surface area contributed by atoms with Gasteiger partial charge in [0.25, 0.3) is 0 Å². The maximum absolute atomic E-state index is 12.6. The first-order valence-electron chi connectivity index (χ1n) is 21.5. The van der Waals surface area contributed by atoms with Crippen molar-refractivity contribution in [1.82, 2.24) is 0 Å². The van der Waals surface area contributed by atoms with Crippen LogP contribution < -0.4 is 0 Å². The van der Waals surface area contributed by atoms with E-state index in [1.807, 2.05) is 19.9 Å². The first kappa shape index (κ1) is 46.2. The van der Waals surface area contributed by atoms with Crippen molar-refractivity contribution in [2.24, 2.45) is 45.3 Å². The van der Waals surface area contributed by atoms with Crippen LogP contribution in [-0.4, -0.2) is 151 Å². The Morgan fingerprint density at radius 2 is 1.57 bits per heavy atom. The summed E-state index contributed by atoms with van der Waals surface area (Å²) in [5, 5.41) is 99.1. The van der Waals surface area contributed by atoms with Crippen molar-refractivity contribution in [3.63, 3.8) is 0 Å². The van der Waals surface area contributed by atoms with E-state index in [4.69, 9.17) is 23.7 Å². The molecule has 15 nitrogen and oxygen atoms in total. The summed E-state index contributed by atoms with van der Waals surface area (Å²) in [6.07, 6.45) is -6.70. The zero-order valence-corrected chi connectivity index (χ0v) is 35.4. The molecular weight excluding hydrogens is 756 g/mol. The molecule has 4 aliphatic carbocycles. The molecule has 2 heterocycles. The van der Waals surface area contributed by atoms with Gasteiger partial charge in [-0.05, 0) is 112 Å². The summed E-state index contributed by atoms with van der Waals surface area (Å²) in [5.74, 6) is -0.623. The fraction of sp³-hybridized carbons (Fsp3) is 0.930. The van der Waals surface area contributed by atoms with Crippen LogP contribution in [-0.2, 0) is 28.5 Å². The normalized spacial score (nSPS) is 49.0. The van der Waals surface area contributed by atoms with Crippen molar-refractivity contribution in [1.29, 1.82) is 0 Å². The molecule has 0 radical (unpaired) electrons. The smallest absolute Gasteiger partial charge is 0.302 e. The number of hydrogen-bond acceptors (Lipinski definition) is 15. The number of aliphatic hydroxyl groups is 9. The Balaban J connectivity index is 1.25. The van der Waals surface area contributed by atoms with Gasteiger partial charge in [-0.15, -0.1) is 0 Å². The van der Waals surface area contributed by atoms with Gasteiger partial charge in [-0.3, -0.25) is 4.79 Å². The average molecular weight is 829 g/mol. The monoisotopic (exact) mass is 828 g/mol. The Kier molecular flexibility index (Phi) is 13.6. The molecule has 2 saturated heterocycles. The maximum atomic E-state index is 12.6. The molecule has 58 heavy (non-hydrogen) atoms. The molecule has 334 valence electrons. The van der Waals surface area contributed by atoms with E-state index in [1.54, 1.807) is 0 Å². The Morgan fingerprint density at radius 1 is 0.862 bits per heavy atom. The summed E-state index contributed by atoms with van der Waals surface area (Å²) in [7, 11) is 0. The summed E-state index contributed by atoms with van der Waals surface area (Å²) in [6.45, 7) is 12.8. The molecule has 6 rings (SSSR count). The van der Waals surface area contributed by atoms with Crippen LogP contribution in [0.25, 0.3) is 0 Å². The van der Waals surface area contributed by atoms with E-state index in [0.29, 0.717) is 32.1 Å². The van der Waals surface area contributed by atoms with Gasteiger partial charge < -0.3 is 69.6 Å². The lowest BCUT2D eigenvalue weighted by Crippen LogP contribution is -2.71. The number of ether oxygens (including phenoxy) is 5. The third-order valence-corrected chi connectivity index (χ3v) is 16.6. The van der Waals surface area contributed by atoms with Crippen LogP contribution >= 0.6 is 0 Å². The van der Waals surface area contributed by atoms with Crippen LogP contribution in [0.15, 0.2) is 11.6 Å². The number of carbonyl (C=O) groups is 1. The van der Waals surface area contributed by atoms with Crippen molar-refractivity contribution in [2.75, 3.05) is 26.4 Å². The van der Waals surface area contributed by atoms with E-state index < -0.39 is 95.3 Å². The molecule has 2 aliphatic heterocycles. The van der Waals surface area contributed by atoms with Gasteiger partial charge in [0, 0.05) is 12.3 Å². The van der Waals surface area contributed by atoms with E-state index in [-0.39, 0.29) is 55.5 Å². The zero-order chi connectivity index (χ0) is 42.7. The van der Waals surface area contributed by atoms with Crippen LogP contribution in [0, 0.1) is 45.3 Å². The molecule has 6 fully saturated rings. The minimum absolute atomic E-state index is 0.000618. The highest BCUT2D eigenvalue weighted by molar-refractivity contribution is 5.65. The van der Waals surface area contributed by atoms with Crippen molar-refractivity contribution < 1.29 is 74.4 Å². The molecule has 0 bridgehead atoms. The summed E-state index contributed by atoms with van der Waals surface area (Å²) >= 11 is 0. The molecule has 0 aromatic heterocycles. The number of esters is 1. The number of hydrogen-bond donors (Lipinski definition) is 9. The standard InChI is InChI=1S/C43H72O15/c1-22(18-44)9-8-14-42(7,53)25-12-16-41(6)24(25)10-11-28-40(5)15-13-31(39(3,4)29(40)17-30(48)43(28,41)21-45)57-38-36(58-37-35(52)32(49)26(47)19-55-37)34(51)33(50)27(56-38)20-54-23(2)46/h9,24-38,44-45,47-53H,8,10-21H2,1-7H3/b22-9+/t24-,25+,26+,27-,28-,29+,30+,31+,32+,33-,34+,35-,36-,37+,38+,40-,41-,42+,43+/m1/s1. The lowest BCUT2D eigenvalue weighted by molar-refractivity contribution is -0.372. The topological polar surface area (TPSA) is 245 Å². The summed E-state index contributed by atoms with van der Waals surface area (Å²) in [5.41, 5.74) is -2.23. The molecule has 15 heteroatoms. The van der Waals surface area contributed by atoms with E-state index in [2.05, 4.69) is 27.7 Å². The second-order valence-electron chi connectivity index (χ2n) is 20.1. The fourth-order valence-corrected chi connectivity index (χ4v) is 13.4. The van der Waals surface area contributed by atoms with Crippen molar-refractivity contribution in [3.8, 4) is 0 Å². The van der Waals surface area contributed by atoms with Crippen molar-refractivity contribution in [2.45, 2.75) is 179 Å². The lowest BCUT2D eigenvalue weighted by Gasteiger charge is -2.71. The second kappa shape index (κ2) is 17.1. The number of rotatable bonds is 12. The van der Waals surface area contributed by atoms with E-state index in [9.17, 15) is 50.8 Å². The summed E-state index contributed by atoms with van der Waals surface area (Å²) < 4.78 is 29.6. The largest absolute Gasteiger partial charge is 0.463 e. The molecule has 0 spiro atoms. The molecule has 0 aromatic carbocycles. The average Bonchev–Trinajstić information content (AvgIpc) is 3.54. The van der Waals surface area contributed by atoms with Gasteiger partial charge in [-0.2, -0.15) is 0 Å². The highest BCUT2D eigenvalue weighted by Gasteiger charge is 2.74. The Labute approximate surface area is 342 Å². The summed E-state index contributed by atoms with van der Waals surface area (Å²) in [4.78, 5) is 11.7. The van der Waals surface area contributed by atoms with Gasteiger partial charge in [0.15, 0.2) is 12.6 Å². The quantitative estimate of drug-likeness (QED) is 0.0765. The Bertz CT molecular complexity index is 1470. The molecule has 19 atom stereocenters. The maximum Gasteiger partial charge on any atom is 0.302 e. The van der Waals surface area contributed by atoms with Gasteiger partial charge in [0.1, 0.15) is 49.3 Å². The number of allylic oxidation sites excluding steroid dienone is 1. The van der Waals surface area contributed by atoms with Gasteiger partial charge in [0.2, 0.25) is 0 Å². The van der Waals surface area contributed by atoms with Crippen LogP contribution in [0.1, 0.15) is 106 Å². The predicted octanol–water partition coefficient (Wildman–Crippen LogP) is 1.30. The minimum atomic E-state index is -1.69. The lowest BCUT2D eigenvalue weighted by atomic mass is 9.34. The second-order valence-corrected chi connectivity index (χ2v) is 20.1. The molecule has 0 unspecified atom stereocenters. The van der Waals surface area contributed by atoms with E-state index in [0.717, 1.165) is 31.3 Å². The molecule has 0 aromatic rings. The first-order valence-corrected chi connectivity index (χ1v) is 21.5. The third kappa shape index (κ3) is 7.74. The first-order chi connectivity index (χ1) is 27.1. The Hall–Kier alpha value is -1.31. The highest BCUT2D eigenvalue weighted by Crippen LogP contribution is 2.76. The van der Waals surface area contributed by atoms with Gasteiger partial charge >= 0.3 is 5.97 Å². The molecular formula is C43H72O15. The van der Waals surface area contributed by atoms with Crippen molar-refractivity contribution in [3.05, 3.63) is 11.6 Å². The SMILES string of the molecule is CC(=O)OC[C@H]1O[C@@H](O[C@H]2CC[C@]3(C)[C@H]4CC[C@@H]5[C@@H]([C@@](C)(O)CC/C=C(\C)CO)CC[C@@]5(C)[C@]4(CO)[C@@H](O)C[C@H]3C2(C)C)[C@H](O[C@@H]2OC[C@H](O)[C@H](O)[C@H]2O)[C@@H](O)[C@@H]1O. The third-order valence-electron chi connectivity index (χ3n) is 16.6. The van der Waals surface area contributed by atoms with Crippen LogP contribution in [0.3, 0.4) is 0 Å². The van der Waals surface area contributed by atoms with E-state index in [1.165, 1.54) is 6.92 Å². The predicted molar refractivity (Wildman–Crippen MR) is 207 cm³/mol. The number of fused-ring (bicyclic) bond motifs is 5. The van der Waals surface area contributed by atoms with Gasteiger partial charge in [0.05, 0.1) is 37.6 Å². The minimum Gasteiger partial charge on any atom is -0.463 e. The zero-order valence-electron chi connectivity index (χ0n) is 35.4. The fourth-order valence-electron chi connectivity index (χ4n) is 13.4. The van der Waals surface area contributed by atoms with Gasteiger partial charge in [-0.25, -0.2) is 0 Å². The van der Waals surface area contributed by atoms with Crippen LogP contribution in [0.5, 0.6) is 0 Å². The van der Waals surface area contributed by atoms with Crippen LogP contribution in [0.2, 0.25) is 0 Å².